The maximum absolute atomic E-state index is 12.5. The smallest absolute Gasteiger partial charge is 0.407 e. The van der Waals surface area contributed by atoms with Crippen LogP contribution in [0.5, 0.6) is 0 Å². The van der Waals surface area contributed by atoms with Crippen LogP contribution in [0.1, 0.15) is 49.1 Å². The number of carbonyl (C=O) groups is 3. The molecule has 0 radical (unpaired) electrons. The Morgan fingerprint density at radius 1 is 0.829 bits per heavy atom. The van der Waals surface area contributed by atoms with Gasteiger partial charge in [-0.1, -0.05) is 61.4 Å². The molecule has 2 fully saturated rings. The minimum absolute atomic E-state index is 0.00125. The van der Waals surface area contributed by atoms with Gasteiger partial charge >= 0.3 is 12.1 Å². The zero-order valence-corrected chi connectivity index (χ0v) is 19.7. The standard InChI is InChI=1S/C28H32N2O5/c31-26(29-14-17-7-1-2-8-19(17)27(32)33)24-13-18(24)15-30-28(34)35-16-25-22-11-5-3-9-20(22)21-10-4-6-12-23(21)25/h3-6,9-12,17-19,24-25H,1-2,7-8,13-16H2,(H,29,31)(H,30,34)(H,32,33)/t17-,18-,19-,24-/m1/s1. The second kappa shape index (κ2) is 10.1. The molecule has 4 atom stereocenters. The molecule has 2 aromatic rings. The molecule has 3 aliphatic carbocycles. The molecule has 7 nitrogen and oxygen atoms in total. The summed E-state index contributed by atoms with van der Waals surface area (Å²) in [6.45, 7) is 1.08. The zero-order chi connectivity index (χ0) is 24.4. The van der Waals surface area contributed by atoms with Crippen LogP contribution in [-0.2, 0) is 14.3 Å². The number of nitrogens with one attached hydrogen (secondary N) is 2. The van der Waals surface area contributed by atoms with Gasteiger partial charge in [0.05, 0.1) is 5.92 Å². The van der Waals surface area contributed by atoms with E-state index >= 15 is 0 Å². The first-order valence-electron chi connectivity index (χ1n) is 12.6. The van der Waals surface area contributed by atoms with E-state index in [9.17, 15) is 19.5 Å². The van der Waals surface area contributed by atoms with Crippen LogP contribution >= 0.6 is 0 Å². The number of fused-ring (bicyclic) bond motifs is 3. The first-order chi connectivity index (χ1) is 17.0. The Kier molecular flexibility index (Phi) is 6.75. The predicted octanol–water partition coefficient (Wildman–Crippen LogP) is 4.17. The van der Waals surface area contributed by atoms with Crippen molar-refractivity contribution in [3.8, 4) is 11.1 Å². The predicted molar refractivity (Wildman–Crippen MR) is 131 cm³/mol. The Hall–Kier alpha value is -3.35. The number of carbonyl (C=O) groups excluding carboxylic acids is 2. The van der Waals surface area contributed by atoms with Gasteiger partial charge in [0.15, 0.2) is 0 Å². The van der Waals surface area contributed by atoms with Crippen LogP contribution in [0.4, 0.5) is 4.79 Å². The lowest BCUT2D eigenvalue weighted by atomic mass is 9.79. The lowest BCUT2D eigenvalue weighted by molar-refractivity contribution is -0.145. The van der Waals surface area contributed by atoms with Crippen LogP contribution in [-0.4, -0.2) is 42.8 Å². The molecule has 0 spiro atoms. The Morgan fingerprint density at radius 2 is 1.46 bits per heavy atom. The molecule has 7 heteroatoms. The van der Waals surface area contributed by atoms with Gasteiger partial charge in [-0.05, 0) is 53.4 Å². The molecular weight excluding hydrogens is 444 g/mol. The number of hydrogen-bond acceptors (Lipinski definition) is 4. The third kappa shape index (κ3) is 5.04. The van der Waals surface area contributed by atoms with Crippen LogP contribution in [0.15, 0.2) is 48.5 Å². The number of rotatable bonds is 8. The van der Waals surface area contributed by atoms with Gasteiger partial charge in [0, 0.05) is 24.9 Å². The minimum atomic E-state index is -0.763. The molecule has 0 bridgehead atoms. The maximum atomic E-state index is 12.5. The quantitative estimate of drug-likeness (QED) is 0.531. The van der Waals surface area contributed by atoms with Crippen LogP contribution in [0.3, 0.4) is 0 Å². The van der Waals surface area contributed by atoms with Crippen molar-refractivity contribution in [3.63, 3.8) is 0 Å². The molecule has 2 aromatic carbocycles. The molecule has 3 N–H and O–H groups in total. The van der Waals surface area contributed by atoms with Crippen molar-refractivity contribution in [2.45, 2.75) is 38.0 Å². The van der Waals surface area contributed by atoms with Gasteiger partial charge in [0.1, 0.15) is 6.61 Å². The molecule has 0 aliphatic heterocycles. The molecule has 5 rings (SSSR count). The maximum Gasteiger partial charge on any atom is 0.407 e. The summed E-state index contributed by atoms with van der Waals surface area (Å²) in [6.07, 6.45) is 3.74. The Labute approximate surface area is 205 Å². The fourth-order valence-electron chi connectivity index (χ4n) is 5.80. The Morgan fingerprint density at radius 3 is 2.14 bits per heavy atom. The number of benzene rings is 2. The van der Waals surface area contributed by atoms with Crippen molar-refractivity contribution in [3.05, 3.63) is 59.7 Å². The number of carboxylic acid groups (broad SMARTS) is 1. The van der Waals surface area contributed by atoms with E-state index in [1.54, 1.807) is 0 Å². The summed E-state index contributed by atoms with van der Waals surface area (Å²) in [5.74, 6) is -1.19. The molecule has 0 heterocycles. The average molecular weight is 477 g/mol. The third-order valence-corrected chi connectivity index (χ3v) is 7.88. The summed E-state index contributed by atoms with van der Waals surface area (Å²) >= 11 is 0. The molecule has 2 saturated carbocycles. The van der Waals surface area contributed by atoms with Gasteiger partial charge in [-0.15, -0.1) is 0 Å². The highest BCUT2D eigenvalue weighted by atomic mass is 16.5. The molecule has 0 saturated heterocycles. The monoisotopic (exact) mass is 476 g/mol. The number of hydrogen-bond donors (Lipinski definition) is 3. The van der Waals surface area contributed by atoms with Crippen molar-refractivity contribution >= 4 is 18.0 Å². The number of ether oxygens (including phenoxy) is 1. The van der Waals surface area contributed by atoms with Crippen LogP contribution in [0.2, 0.25) is 0 Å². The fourth-order valence-corrected chi connectivity index (χ4v) is 5.80. The van der Waals surface area contributed by atoms with Crippen molar-refractivity contribution in [2.75, 3.05) is 19.7 Å². The summed E-state index contributed by atoms with van der Waals surface area (Å²) in [4.78, 5) is 36.3. The van der Waals surface area contributed by atoms with E-state index in [-0.39, 0.29) is 42.1 Å². The van der Waals surface area contributed by atoms with Gasteiger partial charge in [-0.3, -0.25) is 9.59 Å². The van der Waals surface area contributed by atoms with E-state index in [2.05, 4.69) is 34.9 Å². The number of alkyl carbamates (subject to hydrolysis) is 1. The first-order valence-corrected chi connectivity index (χ1v) is 12.6. The summed E-state index contributed by atoms with van der Waals surface area (Å²) in [7, 11) is 0. The lowest BCUT2D eigenvalue weighted by Gasteiger charge is -2.28. The first kappa shape index (κ1) is 23.4. The van der Waals surface area contributed by atoms with Crippen LogP contribution in [0, 0.1) is 23.7 Å². The second-order valence-corrected chi connectivity index (χ2v) is 10.0. The van der Waals surface area contributed by atoms with Crippen molar-refractivity contribution in [1.82, 2.24) is 10.6 Å². The van der Waals surface area contributed by atoms with Gasteiger partial charge < -0.3 is 20.5 Å². The fraction of sp³-hybridized carbons (Fsp3) is 0.464. The molecular formula is C28H32N2O5. The summed E-state index contributed by atoms with van der Waals surface area (Å²) in [5, 5.41) is 15.2. The molecule has 35 heavy (non-hydrogen) atoms. The summed E-state index contributed by atoms with van der Waals surface area (Å²) in [6, 6.07) is 16.4. The van der Waals surface area contributed by atoms with E-state index in [4.69, 9.17) is 4.74 Å². The Bertz CT molecular complexity index is 1070. The van der Waals surface area contributed by atoms with Gasteiger partial charge in [-0.25, -0.2) is 4.79 Å². The van der Waals surface area contributed by atoms with E-state index in [1.165, 1.54) is 22.3 Å². The van der Waals surface area contributed by atoms with Crippen molar-refractivity contribution in [2.24, 2.45) is 23.7 Å². The van der Waals surface area contributed by atoms with Gasteiger partial charge in [0.2, 0.25) is 5.91 Å². The van der Waals surface area contributed by atoms with Crippen molar-refractivity contribution in [1.29, 1.82) is 0 Å². The number of amides is 2. The van der Waals surface area contributed by atoms with Gasteiger partial charge in [0.25, 0.3) is 0 Å². The van der Waals surface area contributed by atoms with Crippen LogP contribution < -0.4 is 10.6 Å². The molecule has 184 valence electrons. The SMILES string of the molecule is O=C(NC[C@H]1C[C@H]1C(=O)NC[C@H]1CCCC[C@H]1C(=O)O)OCC1c2ccccc2-c2ccccc21. The van der Waals surface area contributed by atoms with Crippen LogP contribution in [0.25, 0.3) is 11.1 Å². The van der Waals surface area contributed by atoms with Gasteiger partial charge in [-0.2, -0.15) is 0 Å². The van der Waals surface area contributed by atoms with Crippen molar-refractivity contribution < 1.29 is 24.2 Å². The minimum Gasteiger partial charge on any atom is -0.481 e. The largest absolute Gasteiger partial charge is 0.481 e. The normalized spacial score (nSPS) is 24.7. The summed E-state index contributed by atoms with van der Waals surface area (Å²) in [5.41, 5.74) is 4.71. The molecule has 0 unspecified atom stereocenters. The molecule has 3 aliphatic rings. The highest BCUT2D eigenvalue weighted by molar-refractivity contribution is 5.82. The zero-order valence-electron chi connectivity index (χ0n) is 19.7. The highest BCUT2D eigenvalue weighted by Crippen LogP contribution is 2.44. The van der Waals surface area contributed by atoms with E-state index in [0.717, 1.165) is 25.7 Å². The third-order valence-electron chi connectivity index (χ3n) is 7.88. The van der Waals surface area contributed by atoms with E-state index in [1.807, 2.05) is 24.3 Å². The molecule has 0 aromatic heterocycles. The highest BCUT2D eigenvalue weighted by Gasteiger charge is 2.43. The van der Waals surface area contributed by atoms with E-state index < -0.39 is 12.1 Å². The number of carboxylic acids is 1. The Balaban J connectivity index is 1.05. The summed E-state index contributed by atoms with van der Waals surface area (Å²) < 4.78 is 5.57. The topological polar surface area (TPSA) is 105 Å². The second-order valence-electron chi connectivity index (χ2n) is 10.0. The number of aliphatic carboxylic acids is 1. The van der Waals surface area contributed by atoms with E-state index in [0.29, 0.717) is 19.5 Å². The lowest BCUT2D eigenvalue weighted by Crippen LogP contribution is -2.38. The molecule has 2 amide bonds. The average Bonchev–Trinajstić information content (AvgIpc) is 3.60.